The Kier molecular flexibility index (Phi) is 7.04. The summed E-state index contributed by atoms with van der Waals surface area (Å²) in [6, 6.07) is 6.79. The van der Waals surface area contributed by atoms with Gasteiger partial charge in [-0.25, -0.2) is 4.98 Å². The quantitative estimate of drug-likeness (QED) is 0.228. The van der Waals surface area contributed by atoms with E-state index in [4.69, 9.17) is 23.2 Å². The standard InChI is InChI=1S/C19H18Cl2N6O3S/c1-4-26(5-2)11-6-7-12(13(8-11)22-10(3)28)24-25-19-23-18-15(31-19)9-14(27(29)30)16(20)17(18)21/h6-9H,4-5H2,1-3H3,(H,22,28). The number of hydrogen-bond acceptors (Lipinski definition) is 8. The summed E-state index contributed by atoms with van der Waals surface area (Å²) in [5.41, 5.74) is 1.92. The summed E-state index contributed by atoms with van der Waals surface area (Å²) in [5.74, 6) is -0.234. The van der Waals surface area contributed by atoms with Crippen LogP contribution in [0.3, 0.4) is 0 Å². The molecule has 1 amide bonds. The molecular formula is C19H18Cl2N6O3S. The fourth-order valence-corrected chi connectivity index (χ4v) is 4.28. The van der Waals surface area contributed by atoms with Crippen molar-refractivity contribution in [3.8, 4) is 0 Å². The third kappa shape index (κ3) is 4.92. The number of nitrogens with zero attached hydrogens (tertiary/aromatic N) is 5. The lowest BCUT2D eigenvalue weighted by atomic mass is 10.2. The van der Waals surface area contributed by atoms with Gasteiger partial charge in [0.1, 0.15) is 16.2 Å². The molecule has 1 N–H and O–H groups in total. The van der Waals surface area contributed by atoms with E-state index < -0.39 is 4.92 Å². The maximum Gasteiger partial charge on any atom is 0.290 e. The first kappa shape index (κ1) is 22.9. The van der Waals surface area contributed by atoms with Crippen molar-refractivity contribution in [2.24, 2.45) is 10.2 Å². The maximum absolute atomic E-state index is 11.6. The highest BCUT2D eigenvalue weighted by atomic mass is 35.5. The van der Waals surface area contributed by atoms with Gasteiger partial charge in [-0.05, 0) is 32.0 Å². The molecule has 0 radical (unpaired) electrons. The smallest absolute Gasteiger partial charge is 0.290 e. The van der Waals surface area contributed by atoms with E-state index in [1.165, 1.54) is 13.0 Å². The summed E-state index contributed by atoms with van der Waals surface area (Å²) in [4.78, 5) is 28.6. The molecular weight excluding hydrogens is 463 g/mol. The van der Waals surface area contributed by atoms with Crippen LogP contribution in [0.5, 0.6) is 0 Å². The number of aromatic nitrogens is 1. The second-order valence-corrected chi connectivity index (χ2v) is 8.14. The average molecular weight is 481 g/mol. The molecule has 1 aromatic heterocycles. The zero-order valence-corrected chi connectivity index (χ0v) is 19.2. The normalized spacial score (nSPS) is 11.3. The molecule has 0 saturated carbocycles. The average Bonchev–Trinajstić information content (AvgIpc) is 3.13. The van der Waals surface area contributed by atoms with Gasteiger partial charge in [-0.3, -0.25) is 14.9 Å². The van der Waals surface area contributed by atoms with E-state index in [9.17, 15) is 14.9 Å². The summed E-state index contributed by atoms with van der Waals surface area (Å²) < 4.78 is 0.467. The Balaban J connectivity index is 2.00. The van der Waals surface area contributed by atoms with Crippen LogP contribution in [0.15, 0.2) is 34.5 Å². The fourth-order valence-electron chi connectivity index (χ4n) is 2.94. The van der Waals surface area contributed by atoms with Crippen molar-refractivity contribution >= 4 is 78.5 Å². The molecule has 0 saturated heterocycles. The van der Waals surface area contributed by atoms with Crippen LogP contribution >= 0.6 is 34.5 Å². The number of rotatable bonds is 7. The van der Waals surface area contributed by atoms with Gasteiger partial charge < -0.3 is 10.2 Å². The van der Waals surface area contributed by atoms with E-state index in [2.05, 4.69) is 25.4 Å². The topological polar surface area (TPSA) is 113 Å². The SMILES string of the molecule is CCN(CC)c1ccc(N=Nc2nc3c(Cl)c(Cl)c([N+](=O)[O-])cc3s2)c(NC(C)=O)c1. The number of amides is 1. The van der Waals surface area contributed by atoms with Gasteiger partial charge in [0, 0.05) is 31.8 Å². The van der Waals surface area contributed by atoms with Crippen molar-refractivity contribution in [2.75, 3.05) is 23.3 Å². The summed E-state index contributed by atoms with van der Waals surface area (Å²) in [6.45, 7) is 7.14. The largest absolute Gasteiger partial charge is 0.372 e. The van der Waals surface area contributed by atoms with Gasteiger partial charge in [-0.1, -0.05) is 34.5 Å². The molecule has 2 aromatic carbocycles. The molecule has 31 heavy (non-hydrogen) atoms. The van der Waals surface area contributed by atoms with Crippen molar-refractivity contribution in [1.29, 1.82) is 0 Å². The van der Waals surface area contributed by atoms with Crippen LogP contribution in [0.4, 0.5) is 27.9 Å². The second kappa shape index (κ2) is 9.54. The Morgan fingerprint density at radius 3 is 2.55 bits per heavy atom. The number of thiazole rings is 1. The molecule has 0 fully saturated rings. The molecule has 12 heteroatoms. The number of hydrogen-bond donors (Lipinski definition) is 1. The molecule has 0 aliphatic heterocycles. The predicted octanol–water partition coefficient (Wildman–Crippen LogP) is 6.73. The second-order valence-electron chi connectivity index (χ2n) is 6.38. The molecule has 3 aromatic rings. The third-order valence-electron chi connectivity index (χ3n) is 4.39. The van der Waals surface area contributed by atoms with Gasteiger partial charge in [0.25, 0.3) is 5.69 Å². The minimum absolute atomic E-state index is 0.00826. The number of azo groups is 1. The zero-order chi connectivity index (χ0) is 22.7. The Morgan fingerprint density at radius 1 is 1.23 bits per heavy atom. The first-order chi connectivity index (χ1) is 14.7. The summed E-state index contributed by atoms with van der Waals surface area (Å²) in [6.07, 6.45) is 0. The molecule has 162 valence electrons. The van der Waals surface area contributed by atoms with Gasteiger partial charge in [0.15, 0.2) is 0 Å². The number of nitro groups is 1. The molecule has 0 spiro atoms. The minimum Gasteiger partial charge on any atom is -0.372 e. The highest BCUT2D eigenvalue weighted by Gasteiger charge is 2.21. The number of carbonyl (C=O) groups excluding carboxylic acids is 1. The van der Waals surface area contributed by atoms with E-state index in [-0.39, 0.29) is 26.8 Å². The van der Waals surface area contributed by atoms with Crippen molar-refractivity contribution < 1.29 is 9.72 Å². The Bertz CT molecular complexity index is 1190. The van der Waals surface area contributed by atoms with Crippen molar-refractivity contribution in [3.63, 3.8) is 0 Å². The first-order valence-corrected chi connectivity index (χ1v) is 10.8. The lowest BCUT2D eigenvalue weighted by molar-refractivity contribution is -0.384. The highest BCUT2D eigenvalue weighted by molar-refractivity contribution is 7.22. The number of anilines is 2. The zero-order valence-electron chi connectivity index (χ0n) is 16.8. The highest BCUT2D eigenvalue weighted by Crippen LogP contribution is 2.42. The Morgan fingerprint density at radius 2 is 1.94 bits per heavy atom. The number of nitro benzene ring substituents is 1. The van der Waals surface area contributed by atoms with E-state index in [1.54, 1.807) is 6.07 Å². The minimum atomic E-state index is -0.605. The summed E-state index contributed by atoms with van der Waals surface area (Å²) >= 11 is 13.2. The third-order valence-corrected chi connectivity index (χ3v) is 6.13. The van der Waals surface area contributed by atoms with Crippen LogP contribution in [-0.2, 0) is 4.79 Å². The van der Waals surface area contributed by atoms with Gasteiger partial charge >= 0.3 is 0 Å². The molecule has 0 unspecified atom stereocenters. The predicted molar refractivity (Wildman–Crippen MR) is 125 cm³/mol. The number of fused-ring (bicyclic) bond motifs is 1. The van der Waals surface area contributed by atoms with Gasteiger partial charge in [-0.15, -0.1) is 10.2 Å². The van der Waals surface area contributed by atoms with Crippen molar-refractivity contribution in [2.45, 2.75) is 20.8 Å². The van der Waals surface area contributed by atoms with Gasteiger partial charge in [-0.2, -0.15) is 0 Å². The number of carbonyl (C=O) groups is 1. The fraction of sp³-hybridized carbons (Fsp3) is 0.263. The molecule has 0 aliphatic rings. The monoisotopic (exact) mass is 480 g/mol. The van der Waals surface area contributed by atoms with Gasteiger partial charge in [0.2, 0.25) is 11.0 Å². The molecule has 9 nitrogen and oxygen atoms in total. The molecule has 1 heterocycles. The van der Waals surface area contributed by atoms with Crippen LogP contribution in [-0.4, -0.2) is 28.9 Å². The van der Waals surface area contributed by atoms with E-state index in [0.717, 1.165) is 30.1 Å². The Labute approximate surface area is 191 Å². The molecule has 0 atom stereocenters. The van der Waals surface area contributed by atoms with Crippen LogP contribution in [0.1, 0.15) is 20.8 Å². The molecule has 0 bridgehead atoms. The van der Waals surface area contributed by atoms with Crippen LogP contribution < -0.4 is 10.2 Å². The number of benzene rings is 2. The molecule has 0 aliphatic carbocycles. The van der Waals surface area contributed by atoms with E-state index in [1.807, 2.05) is 26.0 Å². The van der Waals surface area contributed by atoms with Crippen molar-refractivity contribution in [1.82, 2.24) is 4.98 Å². The molecule has 3 rings (SSSR count). The van der Waals surface area contributed by atoms with E-state index in [0.29, 0.717) is 21.6 Å². The van der Waals surface area contributed by atoms with Gasteiger partial charge in [0.05, 0.1) is 20.3 Å². The Hall–Kier alpha value is -2.82. The van der Waals surface area contributed by atoms with Crippen LogP contribution in [0, 0.1) is 10.1 Å². The van der Waals surface area contributed by atoms with Crippen LogP contribution in [0.2, 0.25) is 10.0 Å². The lowest BCUT2D eigenvalue weighted by Crippen LogP contribution is -2.21. The van der Waals surface area contributed by atoms with Crippen molar-refractivity contribution in [3.05, 3.63) is 44.4 Å². The first-order valence-electron chi connectivity index (χ1n) is 9.26. The number of nitrogens with one attached hydrogen (secondary N) is 1. The summed E-state index contributed by atoms with van der Waals surface area (Å²) in [7, 11) is 0. The number of halogens is 2. The lowest BCUT2D eigenvalue weighted by Gasteiger charge is -2.22. The summed E-state index contributed by atoms with van der Waals surface area (Å²) in [5, 5.41) is 22.3. The van der Waals surface area contributed by atoms with Crippen LogP contribution in [0.25, 0.3) is 10.2 Å². The van der Waals surface area contributed by atoms with E-state index >= 15 is 0 Å². The maximum atomic E-state index is 11.6.